The van der Waals surface area contributed by atoms with Crippen molar-refractivity contribution in [3.05, 3.63) is 28.5 Å². The number of methoxy groups -OCH3 is 1. The summed E-state index contributed by atoms with van der Waals surface area (Å²) in [7, 11) is 1.74. The lowest BCUT2D eigenvalue weighted by Gasteiger charge is -2.06. The molecule has 0 amide bonds. The maximum atomic E-state index is 5.22. The molecule has 1 unspecified atom stereocenters. The number of aryl methyl sites for hydroxylation is 1. The molecule has 1 aromatic heterocycles. The van der Waals surface area contributed by atoms with Crippen LogP contribution in [0, 0.1) is 0 Å². The number of ether oxygens (including phenoxy) is 1. The number of H-pyrrole nitrogens is 1. The van der Waals surface area contributed by atoms with Crippen molar-refractivity contribution in [2.75, 3.05) is 7.11 Å². The third-order valence-corrected chi connectivity index (χ3v) is 3.18. The first-order valence-electron chi connectivity index (χ1n) is 5.36. The number of aromatic amines is 1. The van der Waals surface area contributed by atoms with Gasteiger partial charge in [0.05, 0.1) is 17.1 Å². The normalized spacial score (nSPS) is 13.2. The van der Waals surface area contributed by atoms with Gasteiger partial charge >= 0.3 is 0 Å². The van der Waals surface area contributed by atoms with Crippen molar-refractivity contribution in [2.24, 2.45) is 0 Å². The van der Waals surface area contributed by atoms with E-state index in [1.54, 1.807) is 7.11 Å². The van der Waals surface area contributed by atoms with Crippen molar-refractivity contribution in [3.8, 4) is 0 Å². The molecule has 2 rings (SSSR count). The zero-order valence-electron chi connectivity index (χ0n) is 9.46. The molecule has 1 atom stereocenters. The van der Waals surface area contributed by atoms with E-state index in [4.69, 9.17) is 4.74 Å². The van der Waals surface area contributed by atoms with E-state index in [-0.39, 0.29) is 6.10 Å². The molecule has 0 spiro atoms. The summed E-state index contributed by atoms with van der Waals surface area (Å²) in [5, 5.41) is 0. The Hall–Kier alpha value is -0.870. The third kappa shape index (κ3) is 2.62. The number of benzene rings is 1. The SMILES string of the molecule is COC(C)CCc1nc2ccc(Br)cc2[nH]1. The zero-order valence-corrected chi connectivity index (χ0v) is 11.0. The summed E-state index contributed by atoms with van der Waals surface area (Å²) in [6.45, 7) is 2.07. The standard InChI is InChI=1S/C12H15BrN2O/c1-8(16-2)3-6-12-14-10-5-4-9(13)7-11(10)15-12/h4-5,7-8H,3,6H2,1-2H3,(H,14,15). The van der Waals surface area contributed by atoms with E-state index >= 15 is 0 Å². The Morgan fingerprint density at radius 1 is 1.50 bits per heavy atom. The second-order valence-electron chi connectivity index (χ2n) is 3.93. The molecule has 2 aromatic rings. The minimum Gasteiger partial charge on any atom is -0.382 e. The highest BCUT2D eigenvalue weighted by Crippen LogP contribution is 2.18. The van der Waals surface area contributed by atoms with Crippen LogP contribution < -0.4 is 0 Å². The topological polar surface area (TPSA) is 37.9 Å². The van der Waals surface area contributed by atoms with Crippen LogP contribution in [0.2, 0.25) is 0 Å². The van der Waals surface area contributed by atoms with Gasteiger partial charge in [-0.1, -0.05) is 15.9 Å². The Kier molecular flexibility index (Phi) is 3.61. The number of hydrogen-bond acceptors (Lipinski definition) is 2. The highest BCUT2D eigenvalue weighted by Gasteiger charge is 2.05. The molecule has 16 heavy (non-hydrogen) atoms. The van der Waals surface area contributed by atoms with Gasteiger partial charge in [-0.05, 0) is 31.5 Å². The van der Waals surface area contributed by atoms with Gasteiger partial charge in [-0.15, -0.1) is 0 Å². The highest BCUT2D eigenvalue weighted by molar-refractivity contribution is 9.10. The zero-order chi connectivity index (χ0) is 11.5. The van der Waals surface area contributed by atoms with Crippen LogP contribution in [0.4, 0.5) is 0 Å². The summed E-state index contributed by atoms with van der Waals surface area (Å²) in [4.78, 5) is 7.85. The van der Waals surface area contributed by atoms with Crippen molar-refractivity contribution in [1.82, 2.24) is 9.97 Å². The van der Waals surface area contributed by atoms with Crippen molar-refractivity contribution >= 4 is 27.0 Å². The molecule has 0 aliphatic heterocycles. The van der Waals surface area contributed by atoms with Crippen molar-refractivity contribution in [2.45, 2.75) is 25.9 Å². The number of halogens is 1. The van der Waals surface area contributed by atoms with Gasteiger partial charge in [0.1, 0.15) is 5.82 Å². The van der Waals surface area contributed by atoms with E-state index in [0.717, 1.165) is 34.2 Å². The molecule has 0 aliphatic carbocycles. The lowest BCUT2D eigenvalue weighted by Crippen LogP contribution is -2.06. The average molecular weight is 283 g/mol. The smallest absolute Gasteiger partial charge is 0.107 e. The summed E-state index contributed by atoms with van der Waals surface area (Å²) in [6, 6.07) is 6.06. The Labute approximate surface area is 103 Å². The van der Waals surface area contributed by atoms with E-state index in [2.05, 4.69) is 32.8 Å². The average Bonchev–Trinajstić information content (AvgIpc) is 2.67. The van der Waals surface area contributed by atoms with Gasteiger partial charge in [0.15, 0.2) is 0 Å². The highest BCUT2D eigenvalue weighted by atomic mass is 79.9. The number of rotatable bonds is 4. The number of nitrogens with zero attached hydrogens (tertiary/aromatic N) is 1. The molecule has 0 aliphatic rings. The molecular weight excluding hydrogens is 268 g/mol. The minimum absolute atomic E-state index is 0.278. The van der Waals surface area contributed by atoms with E-state index in [9.17, 15) is 0 Å². The fraction of sp³-hybridized carbons (Fsp3) is 0.417. The Balaban J connectivity index is 2.13. The van der Waals surface area contributed by atoms with Crippen LogP contribution in [-0.2, 0) is 11.2 Å². The predicted octanol–water partition coefficient (Wildman–Crippen LogP) is 3.29. The molecule has 1 N–H and O–H groups in total. The minimum atomic E-state index is 0.278. The first kappa shape index (κ1) is 11.6. The maximum absolute atomic E-state index is 5.22. The van der Waals surface area contributed by atoms with E-state index in [1.807, 2.05) is 18.2 Å². The number of hydrogen-bond donors (Lipinski definition) is 1. The van der Waals surface area contributed by atoms with Crippen LogP contribution in [0.3, 0.4) is 0 Å². The van der Waals surface area contributed by atoms with E-state index in [1.165, 1.54) is 0 Å². The van der Waals surface area contributed by atoms with Gasteiger partial charge in [-0.2, -0.15) is 0 Å². The summed E-state index contributed by atoms with van der Waals surface area (Å²) < 4.78 is 6.29. The predicted molar refractivity (Wildman–Crippen MR) is 68.6 cm³/mol. The van der Waals surface area contributed by atoms with E-state index in [0.29, 0.717) is 0 Å². The molecule has 0 saturated heterocycles. The lowest BCUT2D eigenvalue weighted by molar-refractivity contribution is 0.111. The fourth-order valence-electron chi connectivity index (χ4n) is 1.61. The molecule has 1 aromatic carbocycles. The maximum Gasteiger partial charge on any atom is 0.107 e. The van der Waals surface area contributed by atoms with Gasteiger partial charge in [-0.25, -0.2) is 4.98 Å². The molecule has 0 fully saturated rings. The molecule has 86 valence electrons. The van der Waals surface area contributed by atoms with Crippen LogP contribution >= 0.6 is 15.9 Å². The summed E-state index contributed by atoms with van der Waals surface area (Å²) in [6.07, 6.45) is 2.18. The summed E-state index contributed by atoms with van der Waals surface area (Å²) in [5.74, 6) is 1.03. The molecular formula is C12H15BrN2O. The second kappa shape index (κ2) is 4.97. The number of imidazole rings is 1. The van der Waals surface area contributed by atoms with Crippen LogP contribution in [0.15, 0.2) is 22.7 Å². The molecule has 0 bridgehead atoms. The molecule has 4 heteroatoms. The van der Waals surface area contributed by atoms with Crippen molar-refractivity contribution in [3.63, 3.8) is 0 Å². The van der Waals surface area contributed by atoms with Gasteiger partial charge in [0.2, 0.25) is 0 Å². The number of fused-ring (bicyclic) bond motifs is 1. The molecule has 3 nitrogen and oxygen atoms in total. The number of aromatic nitrogens is 2. The molecule has 0 radical (unpaired) electrons. The quantitative estimate of drug-likeness (QED) is 0.935. The fourth-order valence-corrected chi connectivity index (χ4v) is 1.97. The van der Waals surface area contributed by atoms with Crippen molar-refractivity contribution in [1.29, 1.82) is 0 Å². The van der Waals surface area contributed by atoms with Gasteiger partial charge in [0.25, 0.3) is 0 Å². The van der Waals surface area contributed by atoms with Crippen LogP contribution in [0.5, 0.6) is 0 Å². The second-order valence-corrected chi connectivity index (χ2v) is 4.85. The van der Waals surface area contributed by atoms with Crippen LogP contribution in [-0.4, -0.2) is 23.2 Å². The molecule has 0 saturated carbocycles. The van der Waals surface area contributed by atoms with Crippen LogP contribution in [0.25, 0.3) is 11.0 Å². The van der Waals surface area contributed by atoms with E-state index < -0.39 is 0 Å². The number of nitrogens with one attached hydrogen (secondary N) is 1. The lowest BCUT2D eigenvalue weighted by atomic mass is 10.2. The Bertz CT molecular complexity index is 481. The first-order chi connectivity index (χ1) is 7.69. The Morgan fingerprint density at radius 3 is 3.06 bits per heavy atom. The first-order valence-corrected chi connectivity index (χ1v) is 6.15. The van der Waals surface area contributed by atoms with Crippen LogP contribution in [0.1, 0.15) is 19.2 Å². The molecule has 1 heterocycles. The Morgan fingerprint density at radius 2 is 2.31 bits per heavy atom. The van der Waals surface area contributed by atoms with Gasteiger partial charge < -0.3 is 9.72 Å². The summed E-state index contributed by atoms with van der Waals surface area (Å²) >= 11 is 3.45. The van der Waals surface area contributed by atoms with Gasteiger partial charge in [-0.3, -0.25) is 0 Å². The summed E-state index contributed by atoms with van der Waals surface area (Å²) in [5.41, 5.74) is 2.10. The largest absolute Gasteiger partial charge is 0.382 e. The van der Waals surface area contributed by atoms with Crippen molar-refractivity contribution < 1.29 is 4.74 Å². The third-order valence-electron chi connectivity index (χ3n) is 2.68. The monoisotopic (exact) mass is 282 g/mol. The van der Waals surface area contributed by atoms with Gasteiger partial charge in [0, 0.05) is 18.0 Å².